The minimum atomic E-state index is -4.65. The highest BCUT2D eigenvalue weighted by Gasteiger charge is 2.38. The minimum absolute atomic E-state index is 0.112. The average Bonchev–Trinajstić information content (AvgIpc) is 3.07. The van der Waals surface area contributed by atoms with Crippen LogP contribution in [0.25, 0.3) is 11.4 Å². The van der Waals surface area contributed by atoms with Gasteiger partial charge in [0.15, 0.2) is 6.10 Å². The van der Waals surface area contributed by atoms with Crippen LogP contribution >= 0.6 is 15.9 Å². The van der Waals surface area contributed by atoms with Gasteiger partial charge in [0.2, 0.25) is 5.82 Å². The molecule has 3 rings (SSSR count). The van der Waals surface area contributed by atoms with Gasteiger partial charge >= 0.3 is 12.1 Å². The van der Waals surface area contributed by atoms with E-state index in [0.29, 0.717) is 16.6 Å². The van der Waals surface area contributed by atoms with Gasteiger partial charge in [-0.2, -0.15) is 18.2 Å². The fraction of sp³-hybridized carbons (Fsp3) is 0.250. The van der Waals surface area contributed by atoms with Crippen molar-refractivity contribution in [2.45, 2.75) is 18.7 Å². The van der Waals surface area contributed by atoms with Crippen LogP contribution in [0.5, 0.6) is 0 Å². The molecule has 0 N–H and O–H groups in total. The highest BCUT2D eigenvalue weighted by Crippen LogP contribution is 2.31. The molecule has 0 bridgehead atoms. The van der Waals surface area contributed by atoms with E-state index < -0.39 is 12.1 Å². The van der Waals surface area contributed by atoms with E-state index >= 15 is 0 Å². The first-order valence-electron chi connectivity index (χ1n) is 5.83. The maximum atomic E-state index is 12.4. The van der Waals surface area contributed by atoms with Gasteiger partial charge in [-0.1, -0.05) is 34.6 Å². The Hall–Kier alpha value is -1.90. The quantitative estimate of drug-likeness (QED) is 0.813. The zero-order valence-corrected chi connectivity index (χ0v) is 11.8. The Balaban J connectivity index is 1.80. The number of rotatable bonds is 2. The predicted octanol–water partition coefficient (Wildman–Crippen LogP) is 3.93. The van der Waals surface area contributed by atoms with Crippen molar-refractivity contribution in [3.63, 3.8) is 0 Å². The Labute approximate surface area is 124 Å². The average molecular weight is 362 g/mol. The molecule has 9 heteroatoms. The third-order valence-electron chi connectivity index (χ3n) is 2.84. The summed E-state index contributed by atoms with van der Waals surface area (Å²) < 4.78 is 42.1. The van der Waals surface area contributed by atoms with Crippen molar-refractivity contribution in [2.24, 2.45) is 5.16 Å². The van der Waals surface area contributed by atoms with E-state index in [-0.39, 0.29) is 11.9 Å². The number of alkyl halides is 3. The molecule has 0 saturated heterocycles. The number of aromatic nitrogens is 2. The maximum Gasteiger partial charge on any atom is 0.471 e. The van der Waals surface area contributed by atoms with Crippen molar-refractivity contribution in [2.75, 3.05) is 0 Å². The number of benzene rings is 1. The van der Waals surface area contributed by atoms with Crippen LogP contribution in [0, 0.1) is 0 Å². The van der Waals surface area contributed by atoms with E-state index in [1.165, 1.54) is 0 Å². The molecule has 1 atom stereocenters. The number of halogens is 4. The smallest absolute Gasteiger partial charge is 0.386 e. The monoisotopic (exact) mass is 361 g/mol. The van der Waals surface area contributed by atoms with Crippen molar-refractivity contribution < 1.29 is 22.5 Å². The summed E-state index contributed by atoms with van der Waals surface area (Å²) in [6.45, 7) is 0. The highest BCUT2D eigenvalue weighted by atomic mass is 79.9. The second-order valence-electron chi connectivity index (χ2n) is 4.31. The van der Waals surface area contributed by atoms with Crippen molar-refractivity contribution in [1.82, 2.24) is 10.1 Å². The Bertz CT molecular complexity index is 682. The molecule has 0 fully saturated rings. The standard InChI is InChI=1S/C12H7BrF3N3O2/c13-9-5-8(20-18-9)6-1-3-7(4-2-6)10-17-11(21-19-10)12(14,15)16/h1-4,8H,5H2. The van der Waals surface area contributed by atoms with Gasteiger partial charge in [0.25, 0.3) is 0 Å². The summed E-state index contributed by atoms with van der Waals surface area (Å²) in [5.74, 6) is -1.48. The van der Waals surface area contributed by atoms with Crippen LogP contribution in [-0.2, 0) is 11.0 Å². The van der Waals surface area contributed by atoms with Gasteiger partial charge in [-0.05, 0) is 21.5 Å². The molecule has 2 heterocycles. The van der Waals surface area contributed by atoms with Gasteiger partial charge < -0.3 is 9.36 Å². The Morgan fingerprint density at radius 3 is 2.43 bits per heavy atom. The minimum Gasteiger partial charge on any atom is -0.386 e. The lowest BCUT2D eigenvalue weighted by Gasteiger charge is -2.08. The van der Waals surface area contributed by atoms with Gasteiger partial charge in [-0.15, -0.1) is 0 Å². The molecule has 1 aliphatic rings. The molecule has 0 spiro atoms. The second-order valence-corrected chi connectivity index (χ2v) is 5.22. The van der Waals surface area contributed by atoms with Gasteiger partial charge in [0, 0.05) is 12.0 Å². The molecule has 1 unspecified atom stereocenters. The van der Waals surface area contributed by atoms with Crippen LogP contribution in [-0.4, -0.2) is 14.8 Å². The first kappa shape index (κ1) is 14.1. The van der Waals surface area contributed by atoms with Gasteiger partial charge in [-0.25, -0.2) is 0 Å². The van der Waals surface area contributed by atoms with Crippen LogP contribution in [0.1, 0.15) is 24.0 Å². The van der Waals surface area contributed by atoms with Gasteiger partial charge in [-0.3, -0.25) is 0 Å². The van der Waals surface area contributed by atoms with Crippen molar-refractivity contribution in [3.8, 4) is 11.4 Å². The summed E-state index contributed by atoms with van der Waals surface area (Å²) in [6, 6.07) is 6.67. The summed E-state index contributed by atoms with van der Waals surface area (Å²) in [5, 5.41) is 7.10. The lowest BCUT2D eigenvalue weighted by Crippen LogP contribution is -2.04. The van der Waals surface area contributed by atoms with Crippen LogP contribution < -0.4 is 0 Å². The topological polar surface area (TPSA) is 60.5 Å². The highest BCUT2D eigenvalue weighted by molar-refractivity contribution is 9.18. The van der Waals surface area contributed by atoms with E-state index in [1.807, 2.05) is 0 Å². The molecule has 0 amide bonds. The Kier molecular flexibility index (Phi) is 3.44. The molecule has 110 valence electrons. The van der Waals surface area contributed by atoms with Crippen LogP contribution in [0.4, 0.5) is 13.2 Å². The van der Waals surface area contributed by atoms with E-state index in [2.05, 4.69) is 35.7 Å². The zero-order valence-electron chi connectivity index (χ0n) is 10.3. The summed E-state index contributed by atoms with van der Waals surface area (Å²) in [7, 11) is 0. The summed E-state index contributed by atoms with van der Waals surface area (Å²) >= 11 is 3.23. The molecule has 5 nitrogen and oxygen atoms in total. The fourth-order valence-corrected chi connectivity index (χ4v) is 2.21. The third kappa shape index (κ3) is 2.92. The van der Waals surface area contributed by atoms with Crippen LogP contribution in [0.15, 0.2) is 33.9 Å². The second kappa shape index (κ2) is 5.14. The fourth-order valence-electron chi connectivity index (χ4n) is 1.83. The molecule has 0 saturated carbocycles. The molecule has 2 aromatic rings. The first-order valence-corrected chi connectivity index (χ1v) is 6.62. The molecule has 1 aliphatic heterocycles. The van der Waals surface area contributed by atoms with E-state index in [9.17, 15) is 13.2 Å². The normalized spacial score (nSPS) is 18.5. The summed E-state index contributed by atoms with van der Waals surface area (Å²) in [5.41, 5.74) is 1.28. The number of oxime groups is 1. The van der Waals surface area contributed by atoms with Crippen molar-refractivity contribution in [3.05, 3.63) is 35.7 Å². The molecule has 1 aromatic carbocycles. The molecular formula is C12H7BrF3N3O2. The summed E-state index contributed by atoms with van der Waals surface area (Å²) in [4.78, 5) is 8.52. The number of nitrogens with zero attached hydrogens (tertiary/aromatic N) is 3. The zero-order chi connectivity index (χ0) is 15.0. The largest absolute Gasteiger partial charge is 0.471 e. The Morgan fingerprint density at radius 1 is 1.19 bits per heavy atom. The van der Waals surface area contributed by atoms with Crippen molar-refractivity contribution >= 4 is 20.6 Å². The predicted molar refractivity (Wildman–Crippen MR) is 69.5 cm³/mol. The van der Waals surface area contributed by atoms with E-state index in [4.69, 9.17) is 4.84 Å². The number of hydrogen-bond donors (Lipinski definition) is 0. The SMILES string of the molecule is FC(F)(F)c1nc(-c2ccc(C3CC(Br)=NO3)cc2)no1. The number of hydrogen-bond acceptors (Lipinski definition) is 5. The van der Waals surface area contributed by atoms with E-state index in [0.717, 1.165) is 5.56 Å². The molecule has 1 aromatic heterocycles. The molecule has 21 heavy (non-hydrogen) atoms. The van der Waals surface area contributed by atoms with Crippen LogP contribution in [0.2, 0.25) is 0 Å². The lowest BCUT2D eigenvalue weighted by atomic mass is 10.1. The maximum absolute atomic E-state index is 12.4. The molecule has 0 radical (unpaired) electrons. The van der Waals surface area contributed by atoms with Gasteiger partial charge in [0.05, 0.1) is 0 Å². The third-order valence-corrected chi connectivity index (χ3v) is 3.31. The summed E-state index contributed by atoms with van der Waals surface area (Å²) in [6.07, 6.45) is -4.24. The molecular weight excluding hydrogens is 355 g/mol. The van der Waals surface area contributed by atoms with Gasteiger partial charge in [0.1, 0.15) is 4.62 Å². The van der Waals surface area contributed by atoms with E-state index in [1.54, 1.807) is 24.3 Å². The van der Waals surface area contributed by atoms with Crippen LogP contribution in [0.3, 0.4) is 0 Å². The lowest BCUT2D eigenvalue weighted by molar-refractivity contribution is -0.159. The molecule has 0 aliphatic carbocycles. The van der Waals surface area contributed by atoms with Crippen molar-refractivity contribution in [1.29, 1.82) is 0 Å². The first-order chi connectivity index (χ1) is 9.93. The Morgan fingerprint density at radius 2 is 1.90 bits per heavy atom.